The zero-order valence-corrected chi connectivity index (χ0v) is 18.4. The molecule has 1 aliphatic rings. The van der Waals surface area contributed by atoms with Gasteiger partial charge in [0.25, 0.3) is 0 Å². The van der Waals surface area contributed by atoms with Gasteiger partial charge in [0, 0.05) is 24.1 Å². The summed E-state index contributed by atoms with van der Waals surface area (Å²) in [5, 5.41) is 21.2. The molecule has 2 atom stereocenters. The molecular formula is C22H31N3O3S. The zero-order chi connectivity index (χ0) is 20.9. The Bertz CT molecular complexity index is 834. The monoisotopic (exact) mass is 417 g/mol. The van der Waals surface area contributed by atoms with Gasteiger partial charge in [-0.1, -0.05) is 0 Å². The number of aliphatic hydroxyl groups is 1. The molecule has 1 aromatic carbocycles. The van der Waals surface area contributed by atoms with Crippen molar-refractivity contribution < 1.29 is 14.6 Å². The Morgan fingerprint density at radius 1 is 1.38 bits per heavy atom. The third-order valence-corrected chi connectivity index (χ3v) is 5.56. The van der Waals surface area contributed by atoms with E-state index in [9.17, 15) is 5.11 Å². The molecule has 6 nitrogen and oxygen atoms in total. The number of rotatable bonds is 8. The summed E-state index contributed by atoms with van der Waals surface area (Å²) < 4.78 is 11.7. The fourth-order valence-electron chi connectivity index (χ4n) is 3.33. The van der Waals surface area contributed by atoms with E-state index < -0.39 is 5.60 Å². The van der Waals surface area contributed by atoms with Crippen molar-refractivity contribution in [2.75, 3.05) is 19.7 Å². The average Bonchev–Trinajstić information content (AvgIpc) is 3.33. The maximum absolute atomic E-state index is 10.7. The van der Waals surface area contributed by atoms with Crippen LogP contribution in [0.25, 0.3) is 0 Å². The summed E-state index contributed by atoms with van der Waals surface area (Å²) in [5.74, 6) is 2.43. The molecule has 2 heterocycles. The fourth-order valence-corrected chi connectivity index (χ4v) is 4.11. The summed E-state index contributed by atoms with van der Waals surface area (Å²) in [6, 6.07) is 6.06. The van der Waals surface area contributed by atoms with Crippen molar-refractivity contribution in [3.63, 3.8) is 0 Å². The van der Waals surface area contributed by atoms with Crippen molar-refractivity contribution in [1.82, 2.24) is 10.6 Å². The van der Waals surface area contributed by atoms with E-state index in [1.165, 1.54) is 5.56 Å². The molecule has 0 fully saturated rings. The largest absolute Gasteiger partial charge is 0.494 e. The molecule has 0 spiro atoms. The summed E-state index contributed by atoms with van der Waals surface area (Å²) in [6.45, 7) is 10.0. The van der Waals surface area contributed by atoms with Crippen LogP contribution in [-0.4, -0.2) is 36.9 Å². The van der Waals surface area contributed by atoms with Crippen LogP contribution in [0.3, 0.4) is 0 Å². The molecule has 2 unspecified atom stereocenters. The fraction of sp³-hybridized carbons (Fsp3) is 0.500. The van der Waals surface area contributed by atoms with E-state index in [0.29, 0.717) is 25.7 Å². The number of nitrogens with zero attached hydrogens (tertiary/aromatic N) is 1. The molecular weight excluding hydrogens is 386 g/mol. The molecule has 0 saturated carbocycles. The highest BCUT2D eigenvalue weighted by molar-refractivity contribution is 7.08. The minimum atomic E-state index is -0.968. The molecule has 0 aliphatic carbocycles. The van der Waals surface area contributed by atoms with Gasteiger partial charge in [-0.05, 0) is 62.2 Å². The summed E-state index contributed by atoms with van der Waals surface area (Å²) in [5.41, 5.74) is 2.10. The minimum absolute atomic E-state index is 0.191. The zero-order valence-electron chi connectivity index (χ0n) is 17.6. The van der Waals surface area contributed by atoms with Crippen LogP contribution in [0, 0.1) is 0 Å². The molecule has 2 aromatic rings. The first-order valence-electron chi connectivity index (χ1n) is 10.2. The van der Waals surface area contributed by atoms with Gasteiger partial charge in [0.2, 0.25) is 0 Å². The molecule has 3 N–H and O–H groups in total. The van der Waals surface area contributed by atoms with E-state index in [2.05, 4.69) is 23.6 Å². The lowest BCUT2D eigenvalue weighted by Gasteiger charge is -2.24. The highest BCUT2D eigenvalue weighted by Crippen LogP contribution is 2.35. The first-order valence-corrected chi connectivity index (χ1v) is 11.1. The predicted molar refractivity (Wildman–Crippen MR) is 118 cm³/mol. The van der Waals surface area contributed by atoms with Gasteiger partial charge in [-0.2, -0.15) is 11.3 Å². The van der Waals surface area contributed by atoms with Crippen molar-refractivity contribution in [3.05, 3.63) is 45.6 Å². The van der Waals surface area contributed by atoms with Gasteiger partial charge in [-0.15, -0.1) is 0 Å². The van der Waals surface area contributed by atoms with E-state index in [1.54, 1.807) is 18.3 Å². The summed E-state index contributed by atoms with van der Waals surface area (Å²) in [6.07, 6.45) is 1.09. The Morgan fingerprint density at radius 3 is 2.90 bits per heavy atom. The third kappa shape index (κ3) is 5.42. The number of ether oxygens (including phenoxy) is 2. The van der Waals surface area contributed by atoms with E-state index in [0.717, 1.165) is 35.6 Å². The lowest BCUT2D eigenvalue weighted by atomic mass is 9.99. The molecule has 0 bridgehead atoms. The van der Waals surface area contributed by atoms with E-state index in [1.807, 2.05) is 36.7 Å². The van der Waals surface area contributed by atoms with Crippen LogP contribution in [0.15, 0.2) is 34.0 Å². The van der Waals surface area contributed by atoms with E-state index in [-0.39, 0.29) is 6.10 Å². The second-order valence-corrected chi connectivity index (χ2v) is 8.25. The van der Waals surface area contributed by atoms with Crippen LogP contribution in [0.1, 0.15) is 44.4 Å². The van der Waals surface area contributed by atoms with Crippen LogP contribution in [-0.2, 0) is 18.6 Å². The molecule has 7 heteroatoms. The maximum Gasteiger partial charge on any atom is 0.191 e. The molecule has 0 amide bonds. The first-order chi connectivity index (χ1) is 13.9. The van der Waals surface area contributed by atoms with E-state index >= 15 is 0 Å². The molecule has 158 valence electrons. The van der Waals surface area contributed by atoms with Gasteiger partial charge in [0.15, 0.2) is 5.96 Å². The highest BCUT2D eigenvalue weighted by atomic mass is 32.1. The van der Waals surface area contributed by atoms with Crippen molar-refractivity contribution in [3.8, 4) is 11.5 Å². The van der Waals surface area contributed by atoms with Crippen LogP contribution in [0.5, 0.6) is 11.5 Å². The van der Waals surface area contributed by atoms with Gasteiger partial charge in [0.1, 0.15) is 23.2 Å². The topological polar surface area (TPSA) is 75.1 Å². The predicted octanol–water partition coefficient (Wildman–Crippen LogP) is 3.43. The number of fused-ring (bicyclic) bond motifs is 1. The standard InChI is InChI=1S/C22H31N3O3S/c1-5-23-21(25-14-22(4,26)18-7-8-29-13-18)24-12-17-11-20-16(9-15(3)28-20)10-19(17)27-6-2/h7-8,10-11,13,15,26H,5-6,9,12,14H2,1-4H3,(H2,23,24,25). The molecule has 3 rings (SSSR count). The first kappa shape index (κ1) is 21.5. The lowest BCUT2D eigenvalue weighted by molar-refractivity contribution is 0.0621. The van der Waals surface area contributed by atoms with Crippen molar-refractivity contribution in [2.45, 2.75) is 52.4 Å². The number of hydrogen-bond acceptors (Lipinski definition) is 5. The third-order valence-electron chi connectivity index (χ3n) is 4.87. The van der Waals surface area contributed by atoms with Gasteiger partial charge in [-0.3, -0.25) is 0 Å². The van der Waals surface area contributed by atoms with Crippen LogP contribution in [0.2, 0.25) is 0 Å². The number of benzene rings is 1. The average molecular weight is 418 g/mol. The van der Waals surface area contributed by atoms with E-state index in [4.69, 9.17) is 14.5 Å². The normalized spacial score (nSPS) is 18.0. The summed E-state index contributed by atoms with van der Waals surface area (Å²) >= 11 is 1.58. The van der Waals surface area contributed by atoms with Crippen LogP contribution in [0.4, 0.5) is 0 Å². The van der Waals surface area contributed by atoms with Gasteiger partial charge in [0.05, 0.1) is 19.7 Å². The Balaban J connectivity index is 1.73. The maximum atomic E-state index is 10.7. The van der Waals surface area contributed by atoms with Crippen molar-refractivity contribution >= 4 is 17.3 Å². The molecule has 0 radical (unpaired) electrons. The van der Waals surface area contributed by atoms with Crippen molar-refractivity contribution in [2.24, 2.45) is 4.99 Å². The Hall–Kier alpha value is -2.25. The van der Waals surface area contributed by atoms with Gasteiger partial charge >= 0.3 is 0 Å². The highest BCUT2D eigenvalue weighted by Gasteiger charge is 2.24. The number of thiophene rings is 1. The Kier molecular flexibility index (Phi) is 7.03. The molecule has 29 heavy (non-hydrogen) atoms. The Morgan fingerprint density at radius 2 is 2.21 bits per heavy atom. The lowest BCUT2D eigenvalue weighted by Crippen LogP contribution is -2.44. The van der Waals surface area contributed by atoms with Gasteiger partial charge < -0.3 is 25.2 Å². The summed E-state index contributed by atoms with van der Waals surface area (Å²) in [4.78, 5) is 4.71. The van der Waals surface area contributed by atoms with Crippen molar-refractivity contribution in [1.29, 1.82) is 0 Å². The quantitative estimate of drug-likeness (QED) is 0.453. The number of hydrogen-bond donors (Lipinski definition) is 3. The summed E-state index contributed by atoms with van der Waals surface area (Å²) in [7, 11) is 0. The van der Waals surface area contributed by atoms with Crippen LogP contribution >= 0.6 is 11.3 Å². The SMILES string of the molecule is CCNC(=NCc1cc2c(cc1OCC)CC(C)O2)NCC(C)(O)c1ccsc1. The second-order valence-electron chi connectivity index (χ2n) is 7.47. The number of guanidine groups is 1. The van der Waals surface area contributed by atoms with Gasteiger partial charge in [-0.25, -0.2) is 4.99 Å². The second kappa shape index (κ2) is 9.50. The van der Waals surface area contributed by atoms with Crippen LogP contribution < -0.4 is 20.1 Å². The molecule has 1 aromatic heterocycles. The Labute approximate surface area is 177 Å². The number of aliphatic imine (C=N–C) groups is 1. The number of nitrogens with one attached hydrogen (secondary N) is 2. The molecule has 0 saturated heterocycles. The minimum Gasteiger partial charge on any atom is -0.494 e. The molecule has 1 aliphatic heterocycles. The smallest absolute Gasteiger partial charge is 0.191 e.